The average molecular weight is 381 g/mol. The first-order chi connectivity index (χ1) is 9.67. The standard InChI is InChI=1S/C14H22BrFN2O2S/c1-9(2)4-5-10(3)18-21(19,20)13-7-12(15)6-11(8-17)14(13)16/h6-7,9-10,18H,4-5,8,17H2,1-3H3. The van der Waals surface area contributed by atoms with E-state index in [-0.39, 0.29) is 23.0 Å². The highest BCUT2D eigenvalue weighted by molar-refractivity contribution is 9.10. The van der Waals surface area contributed by atoms with E-state index in [2.05, 4.69) is 34.5 Å². The van der Waals surface area contributed by atoms with Gasteiger partial charge in [0.15, 0.2) is 0 Å². The number of halogens is 2. The molecule has 0 radical (unpaired) electrons. The van der Waals surface area contributed by atoms with Gasteiger partial charge in [-0.1, -0.05) is 29.8 Å². The number of nitrogens with two attached hydrogens (primary N) is 1. The molecule has 0 amide bonds. The normalized spacial score (nSPS) is 13.7. The fourth-order valence-electron chi connectivity index (χ4n) is 1.93. The summed E-state index contributed by atoms with van der Waals surface area (Å²) in [7, 11) is -3.90. The molecule has 0 aromatic heterocycles. The number of nitrogens with one attached hydrogen (secondary N) is 1. The molecular weight excluding hydrogens is 359 g/mol. The SMILES string of the molecule is CC(C)CCC(C)NS(=O)(=O)c1cc(Br)cc(CN)c1F. The predicted octanol–water partition coefficient (Wildman–Crippen LogP) is 3.15. The van der Waals surface area contributed by atoms with Gasteiger partial charge in [0, 0.05) is 22.6 Å². The smallest absolute Gasteiger partial charge is 0.243 e. The molecule has 1 atom stereocenters. The Balaban J connectivity index is 3.00. The maximum atomic E-state index is 14.2. The number of sulfonamides is 1. The first kappa shape index (κ1) is 18.5. The summed E-state index contributed by atoms with van der Waals surface area (Å²) in [5.74, 6) is -0.298. The van der Waals surface area contributed by atoms with E-state index in [9.17, 15) is 12.8 Å². The molecule has 1 unspecified atom stereocenters. The molecule has 120 valence electrons. The van der Waals surface area contributed by atoms with Crippen molar-refractivity contribution in [1.82, 2.24) is 4.72 Å². The average Bonchev–Trinajstić information content (AvgIpc) is 2.38. The molecule has 1 rings (SSSR count). The number of rotatable bonds is 7. The van der Waals surface area contributed by atoms with Crippen molar-refractivity contribution >= 4 is 26.0 Å². The van der Waals surface area contributed by atoms with Crippen molar-refractivity contribution in [2.45, 2.75) is 51.1 Å². The molecule has 0 saturated carbocycles. The Hall–Kier alpha value is -0.500. The number of hydrogen-bond donors (Lipinski definition) is 2. The maximum absolute atomic E-state index is 14.2. The summed E-state index contributed by atoms with van der Waals surface area (Å²) in [5, 5.41) is 0. The lowest BCUT2D eigenvalue weighted by Crippen LogP contribution is -2.33. The molecule has 0 bridgehead atoms. The predicted molar refractivity (Wildman–Crippen MR) is 85.8 cm³/mol. The summed E-state index contributed by atoms with van der Waals surface area (Å²) in [6, 6.07) is 2.49. The van der Waals surface area contributed by atoms with Crippen molar-refractivity contribution in [3.05, 3.63) is 28.0 Å². The Labute approximate surface area is 134 Å². The third kappa shape index (κ3) is 5.32. The largest absolute Gasteiger partial charge is 0.326 e. The van der Waals surface area contributed by atoms with Crippen molar-refractivity contribution in [2.24, 2.45) is 11.7 Å². The molecule has 0 aliphatic rings. The van der Waals surface area contributed by atoms with Crippen LogP contribution in [0.25, 0.3) is 0 Å². The molecule has 0 saturated heterocycles. The minimum Gasteiger partial charge on any atom is -0.326 e. The zero-order valence-electron chi connectivity index (χ0n) is 12.5. The topological polar surface area (TPSA) is 72.2 Å². The van der Waals surface area contributed by atoms with Crippen molar-refractivity contribution in [3.8, 4) is 0 Å². The minimum atomic E-state index is -3.90. The summed E-state index contributed by atoms with van der Waals surface area (Å²) in [6.45, 7) is 5.86. The third-order valence-corrected chi connectivity index (χ3v) is 5.17. The van der Waals surface area contributed by atoms with Gasteiger partial charge >= 0.3 is 0 Å². The Morgan fingerprint density at radius 1 is 1.29 bits per heavy atom. The van der Waals surface area contributed by atoms with E-state index in [1.54, 1.807) is 6.92 Å². The minimum absolute atomic E-state index is 0.0588. The van der Waals surface area contributed by atoms with Crippen LogP contribution in [0.5, 0.6) is 0 Å². The van der Waals surface area contributed by atoms with Crippen LogP contribution in [0.2, 0.25) is 0 Å². The van der Waals surface area contributed by atoms with Crippen molar-refractivity contribution in [3.63, 3.8) is 0 Å². The van der Waals surface area contributed by atoms with Gasteiger partial charge in [0.05, 0.1) is 0 Å². The van der Waals surface area contributed by atoms with Gasteiger partial charge in [0.2, 0.25) is 10.0 Å². The van der Waals surface area contributed by atoms with Crippen molar-refractivity contribution in [1.29, 1.82) is 0 Å². The highest BCUT2D eigenvalue weighted by atomic mass is 79.9. The molecule has 1 aromatic carbocycles. The lowest BCUT2D eigenvalue weighted by atomic mass is 10.1. The molecule has 1 aromatic rings. The summed E-state index contributed by atoms with van der Waals surface area (Å²) >= 11 is 3.18. The Kier molecular flexibility index (Phi) is 6.77. The van der Waals surface area contributed by atoms with Crippen LogP contribution in [0.15, 0.2) is 21.5 Å². The monoisotopic (exact) mass is 380 g/mol. The summed E-state index contributed by atoms with van der Waals surface area (Å²) in [4.78, 5) is -0.367. The van der Waals surface area contributed by atoms with Gasteiger partial charge in [0.1, 0.15) is 10.7 Å². The molecule has 0 aliphatic heterocycles. The number of hydrogen-bond acceptors (Lipinski definition) is 3. The molecule has 0 fully saturated rings. The van der Waals surface area contributed by atoms with Crippen LogP contribution >= 0.6 is 15.9 Å². The van der Waals surface area contributed by atoms with Crippen LogP contribution in [0.1, 0.15) is 39.2 Å². The van der Waals surface area contributed by atoms with Crippen molar-refractivity contribution in [2.75, 3.05) is 0 Å². The summed E-state index contributed by atoms with van der Waals surface area (Å²) in [6.07, 6.45) is 1.61. The summed E-state index contributed by atoms with van der Waals surface area (Å²) < 4.78 is 41.8. The van der Waals surface area contributed by atoms with E-state index in [0.717, 1.165) is 6.42 Å². The first-order valence-corrected chi connectivity index (χ1v) is 9.15. The highest BCUT2D eigenvalue weighted by Crippen LogP contribution is 2.24. The summed E-state index contributed by atoms with van der Waals surface area (Å²) in [5.41, 5.74) is 5.60. The fourth-order valence-corrected chi connectivity index (χ4v) is 4.01. The van der Waals surface area contributed by atoms with E-state index in [1.165, 1.54) is 12.1 Å². The number of benzene rings is 1. The van der Waals surface area contributed by atoms with E-state index >= 15 is 0 Å². The highest BCUT2D eigenvalue weighted by Gasteiger charge is 2.23. The fraction of sp³-hybridized carbons (Fsp3) is 0.571. The lowest BCUT2D eigenvalue weighted by molar-refractivity contribution is 0.482. The second kappa shape index (κ2) is 7.67. The van der Waals surface area contributed by atoms with Gasteiger partial charge in [-0.3, -0.25) is 0 Å². The molecule has 0 spiro atoms. The van der Waals surface area contributed by atoms with E-state index < -0.39 is 15.8 Å². The van der Waals surface area contributed by atoms with E-state index in [4.69, 9.17) is 5.73 Å². The van der Waals surface area contributed by atoms with Gasteiger partial charge in [0.25, 0.3) is 0 Å². The maximum Gasteiger partial charge on any atom is 0.243 e. The Bertz CT molecular complexity index is 591. The quantitative estimate of drug-likeness (QED) is 0.762. The van der Waals surface area contributed by atoms with Gasteiger partial charge in [-0.05, 0) is 37.8 Å². The Morgan fingerprint density at radius 2 is 1.90 bits per heavy atom. The zero-order chi connectivity index (χ0) is 16.2. The molecule has 7 heteroatoms. The van der Waals surface area contributed by atoms with Crippen LogP contribution in [0.4, 0.5) is 4.39 Å². The molecule has 4 nitrogen and oxygen atoms in total. The van der Waals surface area contributed by atoms with E-state index in [0.29, 0.717) is 16.8 Å². The molecule has 3 N–H and O–H groups in total. The van der Waals surface area contributed by atoms with Gasteiger partial charge in [-0.2, -0.15) is 0 Å². The van der Waals surface area contributed by atoms with Crippen molar-refractivity contribution < 1.29 is 12.8 Å². The molecule has 21 heavy (non-hydrogen) atoms. The van der Waals surface area contributed by atoms with Gasteiger partial charge in [-0.15, -0.1) is 0 Å². The van der Waals surface area contributed by atoms with Crippen LogP contribution in [-0.4, -0.2) is 14.5 Å². The third-order valence-electron chi connectivity index (χ3n) is 3.12. The van der Waals surface area contributed by atoms with Crippen LogP contribution in [-0.2, 0) is 16.6 Å². The second-order valence-electron chi connectivity index (χ2n) is 5.57. The first-order valence-electron chi connectivity index (χ1n) is 6.87. The lowest BCUT2D eigenvalue weighted by Gasteiger charge is -2.16. The Morgan fingerprint density at radius 3 is 2.43 bits per heavy atom. The van der Waals surface area contributed by atoms with Gasteiger partial charge < -0.3 is 5.73 Å². The van der Waals surface area contributed by atoms with Gasteiger partial charge in [-0.25, -0.2) is 17.5 Å². The molecule has 0 heterocycles. The van der Waals surface area contributed by atoms with Crippen LogP contribution < -0.4 is 10.5 Å². The van der Waals surface area contributed by atoms with E-state index in [1.807, 2.05) is 0 Å². The second-order valence-corrected chi connectivity index (χ2v) is 8.17. The van der Waals surface area contributed by atoms with Crippen LogP contribution in [0, 0.1) is 11.7 Å². The van der Waals surface area contributed by atoms with Crippen LogP contribution in [0.3, 0.4) is 0 Å². The molecular formula is C14H22BrFN2O2S. The zero-order valence-corrected chi connectivity index (χ0v) is 14.9. The molecule has 0 aliphatic carbocycles.